The van der Waals surface area contributed by atoms with Crippen LogP contribution in [-0.4, -0.2) is 20.9 Å². The molecule has 5 nitrogen and oxygen atoms in total. The van der Waals surface area contributed by atoms with Gasteiger partial charge in [-0.2, -0.15) is 0 Å². The van der Waals surface area contributed by atoms with Crippen LogP contribution in [0.5, 0.6) is 0 Å². The summed E-state index contributed by atoms with van der Waals surface area (Å²) in [5.74, 6) is -0.769. The average molecular weight is 361 g/mol. The number of amides is 1. The Bertz CT molecular complexity index is 799. The fourth-order valence-electron chi connectivity index (χ4n) is 1.82. The fourth-order valence-corrected chi connectivity index (χ4v) is 2.08. The summed E-state index contributed by atoms with van der Waals surface area (Å²) < 4.78 is 15.3. The van der Waals surface area contributed by atoms with Crippen molar-refractivity contribution in [3.05, 3.63) is 70.7 Å². The second-order valence-corrected chi connectivity index (χ2v) is 5.40. The van der Waals surface area contributed by atoms with Gasteiger partial charge in [0.15, 0.2) is 5.69 Å². The SMILES string of the molecule is O=C(Nc1ccc(F)cc1)c1cn(-c2ccc(Br)cc2)nn1. The number of hydrogen-bond acceptors (Lipinski definition) is 3. The van der Waals surface area contributed by atoms with E-state index in [1.165, 1.54) is 35.1 Å². The highest BCUT2D eigenvalue weighted by molar-refractivity contribution is 9.10. The lowest BCUT2D eigenvalue weighted by atomic mass is 10.3. The van der Waals surface area contributed by atoms with Gasteiger partial charge in [-0.3, -0.25) is 4.79 Å². The van der Waals surface area contributed by atoms with Crippen LogP contribution in [0, 0.1) is 5.82 Å². The van der Waals surface area contributed by atoms with Crippen molar-refractivity contribution in [2.75, 3.05) is 5.32 Å². The van der Waals surface area contributed by atoms with E-state index in [9.17, 15) is 9.18 Å². The maximum absolute atomic E-state index is 12.8. The molecule has 0 saturated carbocycles. The predicted octanol–water partition coefficient (Wildman–Crippen LogP) is 3.42. The standard InChI is InChI=1S/C15H10BrFN4O/c16-10-1-7-13(8-2-10)21-9-14(19-20-21)15(22)18-12-5-3-11(17)4-6-12/h1-9H,(H,18,22). The molecule has 0 atom stereocenters. The number of nitrogens with zero attached hydrogens (tertiary/aromatic N) is 3. The Labute approximate surface area is 133 Å². The van der Waals surface area contributed by atoms with E-state index in [0.717, 1.165) is 10.2 Å². The minimum atomic E-state index is -0.407. The van der Waals surface area contributed by atoms with Crippen molar-refractivity contribution in [1.29, 1.82) is 0 Å². The summed E-state index contributed by atoms with van der Waals surface area (Å²) in [6.07, 6.45) is 1.53. The minimum Gasteiger partial charge on any atom is -0.321 e. The molecule has 3 rings (SSSR count). The molecular weight excluding hydrogens is 351 g/mol. The van der Waals surface area contributed by atoms with E-state index in [4.69, 9.17) is 0 Å². The van der Waals surface area contributed by atoms with Crippen LogP contribution in [0.1, 0.15) is 10.5 Å². The largest absolute Gasteiger partial charge is 0.321 e. The molecule has 0 fully saturated rings. The van der Waals surface area contributed by atoms with Crippen LogP contribution >= 0.6 is 15.9 Å². The van der Waals surface area contributed by atoms with Gasteiger partial charge in [0.25, 0.3) is 5.91 Å². The Hall–Kier alpha value is -2.54. The number of rotatable bonds is 3. The molecule has 1 amide bonds. The number of benzene rings is 2. The van der Waals surface area contributed by atoms with Gasteiger partial charge in [-0.1, -0.05) is 21.1 Å². The number of carbonyl (C=O) groups is 1. The summed E-state index contributed by atoms with van der Waals surface area (Å²) >= 11 is 3.35. The summed E-state index contributed by atoms with van der Waals surface area (Å²) in [6.45, 7) is 0. The number of nitrogens with one attached hydrogen (secondary N) is 1. The van der Waals surface area contributed by atoms with Gasteiger partial charge in [-0.25, -0.2) is 9.07 Å². The van der Waals surface area contributed by atoms with E-state index < -0.39 is 5.91 Å². The van der Waals surface area contributed by atoms with Crippen LogP contribution in [-0.2, 0) is 0 Å². The van der Waals surface area contributed by atoms with Gasteiger partial charge >= 0.3 is 0 Å². The molecular formula is C15H10BrFN4O. The van der Waals surface area contributed by atoms with Crippen LogP contribution in [0.4, 0.5) is 10.1 Å². The number of halogens is 2. The molecule has 0 saturated heterocycles. The zero-order valence-corrected chi connectivity index (χ0v) is 12.8. The average Bonchev–Trinajstić information content (AvgIpc) is 3.00. The van der Waals surface area contributed by atoms with Gasteiger partial charge in [0.2, 0.25) is 0 Å². The van der Waals surface area contributed by atoms with Crippen molar-refractivity contribution in [3.8, 4) is 5.69 Å². The second-order valence-electron chi connectivity index (χ2n) is 4.49. The molecule has 7 heteroatoms. The molecule has 0 aliphatic heterocycles. The molecule has 0 spiro atoms. The van der Waals surface area contributed by atoms with Gasteiger partial charge in [-0.15, -0.1) is 5.10 Å². The van der Waals surface area contributed by atoms with E-state index in [1.54, 1.807) is 0 Å². The minimum absolute atomic E-state index is 0.173. The topological polar surface area (TPSA) is 59.8 Å². The van der Waals surface area contributed by atoms with E-state index in [0.29, 0.717) is 5.69 Å². The zero-order valence-electron chi connectivity index (χ0n) is 11.2. The van der Waals surface area contributed by atoms with Gasteiger partial charge in [0, 0.05) is 10.2 Å². The van der Waals surface area contributed by atoms with Crippen LogP contribution in [0.15, 0.2) is 59.2 Å². The molecule has 1 heterocycles. The molecule has 1 aromatic heterocycles. The van der Waals surface area contributed by atoms with Crippen molar-refractivity contribution in [2.45, 2.75) is 0 Å². The summed E-state index contributed by atoms with van der Waals surface area (Å²) in [4.78, 5) is 12.1. The number of hydrogen-bond donors (Lipinski definition) is 1. The highest BCUT2D eigenvalue weighted by atomic mass is 79.9. The third-order valence-electron chi connectivity index (χ3n) is 2.92. The van der Waals surface area contributed by atoms with E-state index in [2.05, 4.69) is 31.6 Å². The lowest BCUT2D eigenvalue weighted by Crippen LogP contribution is -2.12. The van der Waals surface area contributed by atoms with Crippen LogP contribution in [0.2, 0.25) is 0 Å². The Morgan fingerprint density at radius 3 is 2.45 bits per heavy atom. The first kappa shape index (κ1) is 14.4. The summed E-state index contributed by atoms with van der Waals surface area (Å²) in [6, 6.07) is 12.9. The molecule has 0 unspecified atom stereocenters. The third kappa shape index (κ3) is 3.20. The third-order valence-corrected chi connectivity index (χ3v) is 3.45. The summed E-state index contributed by atoms with van der Waals surface area (Å²) in [7, 11) is 0. The normalized spacial score (nSPS) is 10.5. The van der Waals surface area contributed by atoms with E-state index in [-0.39, 0.29) is 11.5 Å². The maximum atomic E-state index is 12.8. The molecule has 2 aromatic carbocycles. The van der Waals surface area contributed by atoms with Crippen LogP contribution in [0.3, 0.4) is 0 Å². The quantitative estimate of drug-likeness (QED) is 0.778. The first-order valence-corrected chi connectivity index (χ1v) is 7.16. The highest BCUT2D eigenvalue weighted by Crippen LogP contribution is 2.14. The Morgan fingerprint density at radius 1 is 1.09 bits per heavy atom. The molecule has 0 aliphatic carbocycles. The molecule has 3 aromatic rings. The van der Waals surface area contributed by atoms with Crippen molar-refractivity contribution in [1.82, 2.24) is 15.0 Å². The van der Waals surface area contributed by atoms with Crippen molar-refractivity contribution >= 4 is 27.5 Å². The molecule has 1 N–H and O–H groups in total. The summed E-state index contributed by atoms with van der Waals surface area (Å²) in [5.41, 5.74) is 1.45. The smallest absolute Gasteiger partial charge is 0.277 e. The van der Waals surface area contributed by atoms with Crippen LogP contribution < -0.4 is 5.32 Å². The second kappa shape index (κ2) is 6.07. The fraction of sp³-hybridized carbons (Fsp3) is 0. The molecule has 0 aliphatic rings. The Morgan fingerprint density at radius 2 is 1.77 bits per heavy atom. The van der Waals surface area contributed by atoms with Gasteiger partial charge in [0.05, 0.1) is 11.9 Å². The first-order valence-electron chi connectivity index (χ1n) is 6.37. The van der Waals surface area contributed by atoms with Gasteiger partial charge in [0.1, 0.15) is 5.82 Å². The lowest BCUT2D eigenvalue weighted by molar-refractivity contribution is 0.102. The van der Waals surface area contributed by atoms with Crippen molar-refractivity contribution < 1.29 is 9.18 Å². The molecule has 22 heavy (non-hydrogen) atoms. The zero-order chi connectivity index (χ0) is 15.5. The summed E-state index contributed by atoms with van der Waals surface area (Å²) in [5, 5.41) is 10.4. The van der Waals surface area contributed by atoms with Gasteiger partial charge in [-0.05, 0) is 48.5 Å². The molecule has 0 bridgehead atoms. The Balaban J connectivity index is 1.76. The first-order chi connectivity index (χ1) is 10.6. The monoisotopic (exact) mass is 360 g/mol. The molecule has 110 valence electrons. The van der Waals surface area contributed by atoms with Gasteiger partial charge < -0.3 is 5.32 Å². The van der Waals surface area contributed by atoms with Crippen molar-refractivity contribution in [2.24, 2.45) is 0 Å². The van der Waals surface area contributed by atoms with Crippen LogP contribution in [0.25, 0.3) is 5.69 Å². The van der Waals surface area contributed by atoms with Crippen molar-refractivity contribution in [3.63, 3.8) is 0 Å². The Kier molecular flexibility index (Phi) is 3.97. The number of aromatic nitrogens is 3. The maximum Gasteiger partial charge on any atom is 0.277 e. The lowest BCUT2D eigenvalue weighted by Gasteiger charge is -2.02. The molecule has 0 radical (unpaired) electrons. The van der Waals surface area contributed by atoms with E-state index >= 15 is 0 Å². The number of carbonyl (C=O) groups excluding carboxylic acids is 1. The van der Waals surface area contributed by atoms with E-state index in [1.807, 2.05) is 24.3 Å². The predicted molar refractivity (Wildman–Crippen MR) is 83.4 cm³/mol. The highest BCUT2D eigenvalue weighted by Gasteiger charge is 2.12. The number of anilines is 1.